The lowest BCUT2D eigenvalue weighted by molar-refractivity contribution is 0.529. The maximum Gasteiger partial charge on any atom is 0.0426 e. The van der Waals surface area contributed by atoms with Gasteiger partial charge in [0.25, 0.3) is 0 Å². The summed E-state index contributed by atoms with van der Waals surface area (Å²) < 4.78 is 0. The van der Waals surface area contributed by atoms with Gasteiger partial charge < -0.3 is 10.2 Å². The normalized spacial score (nSPS) is 19.5. The topological polar surface area (TPSA) is 15.3 Å². The van der Waals surface area contributed by atoms with Crippen LogP contribution in [0.4, 0.5) is 5.69 Å². The van der Waals surface area contributed by atoms with Crippen LogP contribution in [0, 0.1) is 5.92 Å². The highest BCUT2D eigenvalue weighted by Crippen LogP contribution is 2.31. The first kappa shape index (κ1) is 13.7. The second-order valence-electron chi connectivity index (χ2n) is 5.19. The molecule has 100 valence electrons. The van der Waals surface area contributed by atoms with Gasteiger partial charge >= 0.3 is 0 Å². The zero-order chi connectivity index (χ0) is 13.0. The van der Waals surface area contributed by atoms with E-state index in [1.54, 1.807) is 0 Å². The Bertz CT molecular complexity index is 392. The molecule has 0 aliphatic carbocycles. The predicted octanol–water partition coefficient (Wildman–Crippen LogP) is 3.69. The SMILES string of the molecule is CCCC1CCN(c2cc(Cl)ccc2CNC)C1. The highest BCUT2D eigenvalue weighted by atomic mass is 35.5. The molecule has 0 aromatic heterocycles. The van der Waals surface area contributed by atoms with Crippen LogP contribution >= 0.6 is 11.6 Å². The molecule has 1 N–H and O–H groups in total. The van der Waals surface area contributed by atoms with Crippen LogP contribution in [-0.2, 0) is 6.54 Å². The van der Waals surface area contributed by atoms with Gasteiger partial charge in [0.1, 0.15) is 0 Å². The maximum absolute atomic E-state index is 6.15. The summed E-state index contributed by atoms with van der Waals surface area (Å²) in [6.07, 6.45) is 3.95. The van der Waals surface area contributed by atoms with E-state index in [4.69, 9.17) is 11.6 Å². The molecule has 1 aromatic rings. The van der Waals surface area contributed by atoms with Crippen LogP contribution in [0.3, 0.4) is 0 Å². The molecular weight excluding hydrogens is 244 g/mol. The van der Waals surface area contributed by atoms with Crippen LogP contribution in [0.25, 0.3) is 0 Å². The van der Waals surface area contributed by atoms with Gasteiger partial charge in [0, 0.05) is 30.3 Å². The van der Waals surface area contributed by atoms with Crippen LogP contribution in [0.1, 0.15) is 31.7 Å². The number of nitrogens with zero attached hydrogens (tertiary/aromatic N) is 1. The number of hydrogen-bond donors (Lipinski definition) is 1. The Morgan fingerprint density at radius 2 is 2.28 bits per heavy atom. The van der Waals surface area contributed by atoms with E-state index in [0.717, 1.165) is 17.5 Å². The van der Waals surface area contributed by atoms with Gasteiger partial charge in [-0.1, -0.05) is 31.0 Å². The van der Waals surface area contributed by atoms with E-state index in [0.29, 0.717) is 0 Å². The van der Waals surface area contributed by atoms with Crippen molar-refractivity contribution in [2.45, 2.75) is 32.7 Å². The molecular formula is C15H23ClN2. The molecule has 1 heterocycles. The summed E-state index contributed by atoms with van der Waals surface area (Å²) in [5, 5.41) is 4.07. The lowest BCUT2D eigenvalue weighted by atomic mass is 10.0. The third-order valence-electron chi connectivity index (χ3n) is 3.74. The Labute approximate surface area is 115 Å². The summed E-state index contributed by atoms with van der Waals surface area (Å²) in [5.74, 6) is 0.858. The van der Waals surface area contributed by atoms with Crippen molar-refractivity contribution in [3.63, 3.8) is 0 Å². The number of anilines is 1. The Morgan fingerprint density at radius 1 is 1.44 bits per heavy atom. The van der Waals surface area contributed by atoms with Gasteiger partial charge in [-0.25, -0.2) is 0 Å². The van der Waals surface area contributed by atoms with Crippen molar-refractivity contribution < 1.29 is 0 Å². The number of hydrogen-bond acceptors (Lipinski definition) is 2. The minimum atomic E-state index is 0.837. The fourth-order valence-corrected chi connectivity index (χ4v) is 3.03. The molecule has 1 saturated heterocycles. The molecule has 1 unspecified atom stereocenters. The molecule has 2 rings (SSSR count). The van der Waals surface area contributed by atoms with E-state index in [1.165, 1.54) is 43.6 Å². The maximum atomic E-state index is 6.15. The van der Waals surface area contributed by atoms with E-state index >= 15 is 0 Å². The summed E-state index contributed by atoms with van der Waals surface area (Å²) in [7, 11) is 1.99. The van der Waals surface area contributed by atoms with E-state index < -0.39 is 0 Å². The number of benzene rings is 1. The number of rotatable bonds is 5. The molecule has 1 atom stereocenters. The monoisotopic (exact) mass is 266 g/mol. The molecule has 1 aliphatic heterocycles. The second-order valence-corrected chi connectivity index (χ2v) is 5.63. The third-order valence-corrected chi connectivity index (χ3v) is 3.97. The highest BCUT2D eigenvalue weighted by Gasteiger charge is 2.23. The van der Waals surface area contributed by atoms with E-state index in [9.17, 15) is 0 Å². The first-order valence-electron chi connectivity index (χ1n) is 6.92. The average molecular weight is 267 g/mol. The lowest BCUT2D eigenvalue weighted by Crippen LogP contribution is -2.22. The van der Waals surface area contributed by atoms with Gasteiger partial charge in [-0.15, -0.1) is 0 Å². The summed E-state index contributed by atoms with van der Waals surface area (Å²) in [6, 6.07) is 6.24. The fourth-order valence-electron chi connectivity index (χ4n) is 2.87. The molecule has 3 heteroatoms. The summed E-state index contributed by atoms with van der Waals surface area (Å²) in [4.78, 5) is 2.50. The van der Waals surface area contributed by atoms with Crippen LogP contribution in [-0.4, -0.2) is 20.1 Å². The van der Waals surface area contributed by atoms with Crippen molar-refractivity contribution in [2.24, 2.45) is 5.92 Å². The first-order chi connectivity index (χ1) is 8.74. The van der Waals surface area contributed by atoms with Gasteiger partial charge in [0.05, 0.1) is 0 Å². The molecule has 1 fully saturated rings. The molecule has 1 aromatic carbocycles. The van der Waals surface area contributed by atoms with Crippen molar-refractivity contribution in [3.8, 4) is 0 Å². The molecule has 18 heavy (non-hydrogen) atoms. The van der Waals surface area contributed by atoms with Crippen molar-refractivity contribution in [2.75, 3.05) is 25.0 Å². The van der Waals surface area contributed by atoms with Gasteiger partial charge in [-0.2, -0.15) is 0 Å². The van der Waals surface area contributed by atoms with Gasteiger partial charge in [-0.3, -0.25) is 0 Å². The average Bonchev–Trinajstić information content (AvgIpc) is 2.81. The van der Waals surface area contributed by atoms with Crippen molar-refractivity contribution in [1.82, 2.24) is 5.32 Å². The summed E-state index contributed by atoms with van der Waals surface area (Å²) in [6.45, 7) is 5.53. The number of halogens is 1. The molecule has 0 saturated carbocycles. The highest BCUT2D eigenvalue weighted by molar-refractivity contribution is 6.30. The molecule has 2 nitrogen and oxygen atoms in total. The largest absolute Gasteiger partial charge is 0.371 e. The standard InChI is InChI=1S/C15H23ClN2/c1-3-4-12-7-8-18(11-12)15-9-14(16)6-5-13(15)10-17-2/h5-6,9,12,17H,3-4,7-8,10-11H2,1-2H3. The minimum Gasteiger partial charge on any atom is -0.371 e. The zero-order valence-electron chi connectivity index (χ0n) is 11.4. The number of nitrogens with one attached hydrogen (secondary N) is 1. The van der Waals surface area contributed by atoms with E-state index in [2.05, 4.69) is 29.3 Å². The summed E-state index contributed by atoms with van der Waals surface area (Å²) >= 11 is 6.15. The molecule has 1 aliphatic rings. The van der Waals surface area contributed by atoms with E-state index in [-0.39, 0.29) is 0 Å². The van der Waals surface area contributed by atoms with Crippen molar-refractivity contribution in [1.29, 1.82) is 0 Å². The smallest absolute Gasteiger partial charge is 0.0426 e. The van der Waals surface area contributed by atoms with E-state index in [1.807, 2.05) is 13.1 Å². The Morgan fingerprint density at radius 3 is 3.00 bits per heavy atom. The first-order valence-corrected chi connectivity index (χ1v) is 7.30. The van der Waals surface area contributed by atoms with Crippen molar-refractivity contribution in [3.05, 3.63) is 28.8 Å². The second kappa shape index (κ2) is 6.44. The van der Waals surface area contributed by atoms with Crippen LogP contribution in [0.2, 0.25) is 5.02 Å². The zero-order valence-corrected chi connectivity index (χ0v) is 12.1. The fraction of sp³-hybridized carbons (Fsp3) is 0.600. The van der Waals surface area contributed by atoms with Gasteiger partial charge in [0.2, 0.25) is 0 Å². The lowest BCUT2D eigenvalue weighted by Gasteiger charge is -2.22. The minimum absolute atomic E-state index is 0.837. The molecule has 0 spiro atoms. The molecule has 0 radical (unpaired) electrons. The van der Waals surface area contributed by atoms with Crippen molar-refractivity contribution >= 4 is 17.3 Å². The van der Waals surface area contributed by atoms with Gasteiger partial charge in [0.15, 0.2) is 0 Å². The third kappa shape index (κ3) is 3.18. The van der Waals surface area contributed by atoms with Gasteiger partial charge in [-0.05, 0) is 43.5 Å². The molecule has 0 amide bonds. The Kier molecular flexibility index (Phi) is 4.90. The quantitative estimate of drug-likeness (QED) is 0.875. The van der Waals surface area contributed by atoms with Crippen LogP contribution in [0.5, 0.6) is 0 Å². The Hall–Kier alpha value is -0.730. The van der Waals surface area contributed by atoms with Crippen LogP contribution < -0.4 is 10.2 Å². The van der Waals surface area contributed by atoms with Crippen LogP contribution in [0.15, 0.2) is 18.2 Å². The Balaban J connectivity index is 2.14. The predicted molar refractivity (Wildman–Crippen MR) is 79.4 cm³/mol. The molecule has 0 bridgehead atoms. The summed E-state index contributed by atoms with van der Waals surface area (Å²) in [5.41, 5.74) is 2.66.